The van der Waals surface area contributed by atoms with Crippen LogP contribution >= 0.6 is 0 Å². The van der Waals surface area contributed by atoms with E-state index in [1.165, 1.54) is 12.1 Å². The number of carbonyl (C=O) groups excluding carboxylic acids is 1. The minimum atomic E-state index is -0.778. The number of hydrogen-bond acceptors (Lipinski definition) is 5. The van der Waals surface area contributed by atoms with Crippen molar-refractivity contribution in [3.05, 3.63) is 46.5 Å². The summed E-state index contributed by atoms with van der Waals surface area (Å²) in [6, 6.07) is 3.27. The Morgan fingerprint density at radius 2 is 2.31 bits per heavy atom. The van der Waals surface area contributed by atoms with Crippen LogP contribution in [0, 0.1) is 10.1 Å². The molecule has 1 N–H and O–H groups in total. The summed E-state index contributed by atoms with van der Waals surface area (Å²) in [4.78, 5) is 21.0. The van der Waals surface area contributed by atoms with Crippen LogP contribution in [0.15, 0.2) is 30.9 Å². The van der Waals surface area contributed by atoms with Crippen LogP contribution in [0.25, 0.3) is 0 Å². The number of aromatic hydroxyl groups is 1. The smallest absolute Gasteiger partial charge is 0.338 e. The molecule has 16 heavy (non-hydrogen) atoms. The molecule has 0 aliphatic carbocycles. The molecule has 0 fully saturated rings. The summed E-state index contributed by atoms with van der Waals surface area (Å²) in [5.74, 6) is -1.20. The first-order chi connectivity index (χ1) is 7.56. The first kappa shape index (κ1) is 11.7. The van der Waals surface area contributed by atoms with E-state index in [2.05, 4.69) is 6.58 Å². The number of phenolic OH excluding ortho intramolecular Hbond substituents is 1. The van der Waals surface area contributed by atoms with E-state index in [0.29, 0.717) is 0 Å². The van der Waals surface area contributed by atoms with E-state index in [4.69, 9.17) is 9.84 Å². The number of nitro benzene ring substituents is 1. The van der Waals surface area contributed by atoms with Crippen molar-refractivity contribution in [3.8, 4) is 5.75 Å². The summed E-state index contributed by atoms with van der Waals surface area (Å²) in [5.41, 5.74) is -0.528. The standard InChI is InChI=1S/C10H9NO5/c1-2-5-16-10(13)7-3-4-9(12)8(6-7)11(14)15/h2-4,6,12H,1,5H2. The molecule has 1 aromatic carbocycles. The van der Waals surface area contributed by atoms with Crippen molar-refractivity contribution in [2.24, 2.45) is 0 Å². The van der Waals surface area contributed by atoms with Gasteiger partial charge in [-0.15, -0.1) is 0 Å². The summed E-state index contributed by atoms with van der Waals surface area (Å²) in [6.45, 7) is 3.38. The summed E-state index contributed by atoms with van der Waals surface area (Å²) in [6.07, 6.45) is 1.38. The van der Waals surface area contributed by atoms with Crippen LogP contribution in [0.4, 0.5) is 5.69 Å². The lowest BCUT2D eigenvalue weighted by atomic mass is 10.2. The van der Waals surface area contributed by atoms with Crippen molar-refractivity contribution in [2.75, 3.05) is 6.61 Å². The fourth-order valence-electron chi connectivity index (χ4n) is 1.01. The van der Waals surface area contributed by atoms with Gasteiger partial charge in [0.2, 0.25) is 0 Å². The maximum absolute atomic E-state index is 11.3. The zero-order chi connectivity index (χ0) is 12.1. The van der Waals surface area contributed by atoms with Gasteiger partial charge >= 0.3 is 11.7 Å². The fourth-order valence-corrected chi connectivity index (χ4v) is 1.01. The molecule has 0 heterocycles. The highest BCUT2D eigenvalue weighted by atomic mass is 16.6. The van der Waals surface area contributed by atoms with Gasteiger partial charge in [0.15, 0.2) is 5.75 Å². The van der Waals surface area contributed by atoms with Crippen molar-refractivity contribution in [3.63, 3.8) is 0 Å². The molecular formula is C10H9NO5. The number of esters is 1. The van der Waals surface area contributed by atoms with Gasteiger partial charge in [0.25, 0.3) is 0 Å². The molecule has 0 aromatic heterocycles. The summed E-state index contributed by atoms with van der Waals surface area (Å²) >= 11 is 0. The topological polar surface area (TPSA) is 89.7 Å². The summed E-state index contributed by atoms with van der Waals surface area (Å²) in [5, 5.41) is 19.6. The molecule has 6 nitrogen and oxygen atoms in total. The maximum Gasteiger partial charge on any atom is 0.338 e. The van der Waals surface area contributed by atoms with Crippen LogP contribution < -0.4 is 0 Å². The minimum Gasteiger partial charge on any atom is -0.502 e. The largest absolute Gasteiger partial charge is 0.502 e. The van der Waals surface area contributed by atoms with Gasteiger partial charge < -0.3 is 9.84 Å². The lowest BCUT2D eigenvalue weighted by Gasteiger charge is -2.02. The molecule has 1 aromatic rings. The van der Waals surface area contributed by atoms with Gasteiger partial charge in [-0.05, 0) is 12.1 Å². The third-order valence-electron chi connectivity index (χ3n) is 1.74. The molecule has 0 saturated carbocycles. The molecule has 0 atom stereocenters. The molecule has 0 unspecified atom stereocenters. The van der Waals surface area contributed by atoms with E-state index >= 15 is 0 Å². The number of carbonyl (C=O) groups is 1. The number of phenols is 1. The number of rotatable bonds is 4. The Morgan fingerprint density at radius 3 is 2.88 bits per heavy atom. The van der Waals surface area contributed by atoms with Crippen molar-refractivity contribution in [1.29, 1.82) is 0 Å². The van der Waals surface area contributed by atoms with E-state index in [0.717, 1.165) is 12.1 Å². The second kappa shape index (κ2) is 4.92. The summed E-state index contributed by atoms with van der Waals surface area (Å²) < 4.78 is 4.69. The molecular weight excluding hydrogens is 214 g/mol. The molecule has 0 radical (unpaired) electrons. The second-order valence-corrected chi connectivity index (χ2v) is 2.85. The predicted molar refractivity (Wildman–Crippen MR) is 55.2 cm³/mol. The molecule has 0 bridgehead atoms. The number of ether oxygens (including phenoxy) is 1. The Bertz CT molecular complexity index is 441. The third kappa shape index (κ3) is 2.57. The molecule has 0 aliphatic heterocycles. The monoisotopic (exact) mass is 223 g/mol. The maximum atomic E-state index is 11.3. The lowest BCUT2D eigenvalue weighted by Crippen LogP contribution is -2.05. The zero-order valence-corrected chi connectivity index (χ0v) is 8.25. The van der Waals surface area contributed by atoms with Crippen LogP contribution in [0.2, 0.25) is 0 Å². The van der Waals surface area contributed by atoms with Gasteiger partial charge in [0.05, 0.1) is 10.5 Å². The molecule has 1 rings (SSSR count). The number of hydrogen-bond donors (Lipinski definition) is 1. The van der Waals surface area contributed by atoms with E-state index in [9.17, 15) is 14.9 Å². The van der Waals surface area contributed by atoms with Crippen LogP contribution in [-0.2, 0) is 4.74 Å². The van der Waals surface area contributed by atoms with Gasteiger partial charge in [-0.1, -0.05) is 12.7 Å². The lowest BCUT2D eigenvalue weighted by molar-refractivity contribution is -0.385. The first-order valence-electron chi connectivity index (χ1n) is 4.31. The molecule has 0 spiro atoms. The number of nitro groups is 1. The predicted octanol–water partition coefficient (Wildman–Crippen LogP) is 1.64. The third-order valence-corrected chi connectivity index (χ3v) is 1.74. The average Bonchev–Trinajstić information content (AvgIpc) is 2.26. The van der Waals surface area contributed by atoms with Gasteiger partial charge in [-0.3, -0.25) is 10.1 Å². The van der Waals surface area contributed by atoms with Gasteiger partial charge in [0, 0.05) is 6.07 Å². The first-order valence-corrected chi connectivity index (χ1v) is 4.31. The van der Waals surface area contributed by atoms with E-state index in [1.807, 2.05) is 0 Å². The molecule has 84 valence electrons. The van der Waals surface area contributed by atoms with Crippen LogP contribution in [0.3, 0.4) is 0 Å². The van der Waals surface area contributed by atoms with Crippen LogP contribution in [-0.4, -0.2) is 22.6 Å². The highest BCUT2D eigenvalue weighted by molar-refractivity contribution is 5.90. The van der Waals surface area contributed by atoms with Gasteiger partial charge in [0.1, 0.15) is 6.61 Å². The van der Waals surface area contributed by atoms with E-state index in [1.54, 1.807) is 0 Å². The van der Waals surface area contributed by atoms with Crippen LogP contribution in [0.1, 0.15) is 10.4 Å². The van der Waals surface area contributed by atoms with Crippen LogP contribution in [0.5, 0.6) is 5.75 Å². The molecule has 0 saturated heterocycles. The normalized spacial score (nSPS) is 9.50. The Balaban J connectivity index is 2.98. The van der Waals surface area contributed by atoms with E-state index in [-0.39, 0.29) is 12.2 Å². The molecule has 6 heteroatoms. The van der Waals surface area contributed by atoms with Crippen molar-refractivity contribution in [2.45, 2.75) is 0 Å². The Labute approximate surface area is 90.9 Å². The molecule has 0 aliphatic rings. The second-order valence-electron chi connectivity index (χ2n) is 2.85. The zero-order valence-electron chi connectivity index (χ0n) is 8.25. The average molecular weight is 223 g/mol. The highest BCUT2D eigenvalue weighted by Crippen LogP contribution is 2.26. The summed E-state index contributed by atoms with van der Waals surface area (Å²) in [7, 11) is 0. The Hall–Kier alpha value is -2.37. The van der Waals surface area contributed by atoms with Crippen molar-refractivity contribution >= 4 is 11.7 Å². The SMILES string of the molecule is C=CCOC(=O)c1ccc(O)c([N+](=O)[O-])c1. The van der Waals surface area contributed by atoms with Gasteiger partial charge in [-0.2, -0.15) is 0 Å². The van der Waals surface area contributed by atoms with E-state index < -0.39 is 22.3 Å². The quantitative estimate of drug-likeness (QED) is 0.362. The van der Waals surface area contributed by atoms with Crippen molar-refractivity contribution in [1.82, 2.24) is 0 Å². The van der Waals surface area contributed by atoms with Crippen molar-refractivity contribution < 1.29 is 19.6 Å². The number of nitrogens with zero attached hydrogens (tertiary/aromatic N) is 1. The number of benzene rings is 1. The fraction of sp³-hybridized carbons (Fsp3) is 0.100. The Kier molecular flexibility index (Phi) is 3.60. The minimum absolute atomic E-state index is 0.00588. The molecule has 0 amide bonds. The highest BCUT2D eigenvalue weighted by Gasteiger charge is 2.17. The Morgan fingerprint density at radius 1 is 1.62 bits per heavy atom. The van der Waals surface area contributed by atoms with Gasteiger partial charge in [-0.25, -0.2) is 4.79 Å².